The highest BCUT2D eigenvalue weighted by Crippen LogP contribution is 2.08. The van der Waals surface area contributed by atoms with E-state index in [-0.39, 0.29) is 0 Å². The summed E-state index contributed by atoms with van der Waals surface area (Å²) in [4.78, 5) is 10.5. The molecule has 86 valence electrons. The molecule has 1 aromatic carbocycles. The van der Waals surface area contributed by atoms with Gasteiger partial charge in [0.15, 0.2) is 0 Å². The van der Waals surface area contributed by atoms with Crippen molar-refractivity contribution in [1.82, 2.24) is 9.97 Å². The van der Waals surface area contributed by atoms with Crippen LogP contribution in [0.25, 0.3) is 12.2 Å². The Morgan fingerprint density at radius 2 is 1.76 bits per heavy atom. The van der Waals surface area contributed by atoms with E-state index in [1.54, 1.807) is 6.20 Å². The molecule has 0 saturated carbocycles. The van der Waals surface area contributed by atoms with Gasteiger partial charge in [0.1, 0.15) is 0 Å². The molecule has 0 N–H and O–H groups in total. The van der Waals surface area contributed by atoms with Crippen LogP contribution in [0, 0.1) is 0 Å². The lowest BCUT2D eigenvalue weighted by atomic mass is 10.2. The molecule has 0 atom stereocenters. The van der Waals surface area contributed by atoms with Crippen LogP contribution in [0.2, 0.25) is 0 Å². The summed E-state index contributed by atoms with van der Waals surface area (Å²) in [7, 11) is 3.86. The quantitative estimate of drug-likeness (QED) is 0.804. The molecule has 0 unspecified atom stereocenters. The van der Waals surface area contributed by atoms with Crippen LogP contribution in [-0.4, -0.2) is 24.1 Å². The molecule has 0 radical (unpaired) electrons. The van der Waals surface area contributed by atoms with Crippen LogP contribution >= 0.6 is 0 Å². The molecule has 3 nitrogen and oxygen atoms in total. The third-order valence-corrected chi connectivity index (χ3v) is 2.31. The third-order valence-electron chi connectivity index (χ3n) is 2.31. The molecule has 1 heterocycles. The Hall–Kier alpha value is -2.16. The molecule has 17 heavy (non-hydrogen) atoms. The molecule has 1 aromatic heterocycles. The summed E-state index contributed by atoms with van der Waals surface area (Å²) in [5.74, 6) is 0.722. The molecule has 0 bridgehead atoms. The Morgan fingerprint density at radius 3 is 2.47 bits per heavy atom. The molecule has 0 fully saturated rings. The van der Waals surface area contributed by atoms with Crippen LogP contribution in [0.4, 0.5) is 5.95 Å². The second-order valence-corrected chi connectivity index (χ2v) is 3.92. The lowest BCUT2D eigenvalue weighted by molar-refractivity contribution is 0.993. The number of hydrogen-bond acceptors (Lipinski definition) is 3. The Labute approximate surface area is 101 Å². The minimum atomic E-state index is 0.722. The summed E-state index contributed by atoms with van der Waals surface area (Å²) in [6.07, 6.45) is 5.80. The van der Waals surface area contributed by atoms with Gasteiger partial charge in [-0.3, -0.25) is 0 Å². The molecular weight excluding hydrogens is 210 g/mol. The molecule has 2 aromatic rings. The van der Waals surface area contributed by atoms with Crippen molar-refractivity contribution in [3.63, 3.8) is 0 Å². The summed E-state index contributed by atoms with van der Waals surface area (Å²) >= 11 is 0. The van der Waals surface area contributed by atoms with E-state index < -0.39 is 0 Å². The minimum Gasteiger partial charge on any atom is -0.347 e. The predicted octanol–water partition coefficient (Wildman–Crippen LogP) is 2.71. The molecule has 0 spiro atoms. The molecule has 0 saturated heterocycles. The Kier molecular flexibility index (Phi) is 3.50. The maximum absolute atomic E-state index is 4.42. The Balaban J connectivity index is 2.19. The molecule has 0 aliphatic carbocycles. The van der Waals surface area contributed by atoms with Gasteiger partial charge in [-0.2, -0.15) is 0 Å². The molecule has 0 aliphatic rings. The maximum atomic E-state index is 4.42. The normalized spacial score (nSPS) is 10.7. The average molecular weight is 225 g/mol. The zero-order chi connectivity index (χ0) is 12.1. The van der Waals surface area contributed by atoms with Crippen LogP contribution in [-0.2, 0) is 0 Å². The lowest BCUT2D eigenvalue weighted by Crippen LogP contribution is -2.12. The van der Waals surface area contributed by atoms with E-state index in [9.17, 15) is 0 Å². The highest BCUT2D eigenvalue weighted by Gasteiger charge is 1.97. The average Bonchev–Trinajstić information content (AvgIpc) is 2.38. The first-order valence-electron chi connectivity index (χ1n) is 5.49. The van der Waals surface area contributed by atoms with Crippen molar-refractivity contribution >= 4 is 18.1 Å². The van der Waals surface area contributed by atoms with E-state index in [0.717, 1.165) is 17.2 Å². The second-order valence-electron chi connectivity index (χ2n) is 3.92. The molecule has 0 amide bonds. The zero-order valence-electron chi connectivity index (χ0n) is 10.0. The van der Waals surface area contributed by atoms with Gasteiger partial charge in [-0.25, -0.2) is 9.97 Å². The topological polar surface area (TPSA) is 29.0 Å². The summed E-state index contributed by atoms with van der Waals surface area (Å²) in [6, 6.07) is 12.1. The Morgan fingerprint density at radius 1 is 1.00 bits per heavy atom. The standard InChI is InChI=1S/C14H15N3/c1-17(2)14-15-11-10-13(16-14)9-8-12-6-4-3-5-7-12/h3-11H,1-2H3/b9-8+. The van der Waals surface area contributed by atoms with E-state index in [1.165, 1.54) is 0 Å². The van der Waals surface area contributed by atoms with Crippen LogP contribution < -0.4 is 4.90 Å². The van der Waals surface area contributed by atoms with Gasteiger partial charge in [0.25, 0.3) is 0 Å². The predicted molar refractivity (Wildman–Crippen MR) is 71.7 cm³/mol. The molecule has 0 aliphatic heterocycles. The summed E-state index contributed by atoms with van der Waals surface area (Å²) in [6.45, 7) is 0. The fourth-order valence-corrected chi connectivity index (χ4v) is 1.42. The molecule has 2 rings (SSSR count). The largest absolute Gasteiger partial charge is 0.347 e. The monoisotopic (exact) mass is 225 g/mol. The fraction of sp³-hybridized carbons (Fsp3) is 0.143. The van der Waals surface area contributed by atoms with E-state index in [2.05, 4.69) is 22.1 Å². The van der Waals surface area contributed by atoms with Crippen molar-refractivity contribution in [3.8, 4) is 0 Å². The summed E-state index contributed by atoms with van der Waals surface area (Å²) < 4.78 is 0. The van der Waals surface area contributed by atoms with Crippen molar-refractivity contribution in [2.24, 2.45) is 0 Å². The minimum absolute atomic E-state index is 0.722. The Bertz CT molecular complexity index is 504. The van der Waals surface area contributed by atoms with Crippen molar-refractivity contribution < 1.29 is 0 Å². The molecular formula is C14H15N3. The number of nitrogens with zero attached hydrogens (tertiary/aromatic N) is 3. The van der Waals surface area contributed by atoms with Gasteiger partial charge < -0.3 is 4.90 Å². The first-order valence-corrected chi connectivity index (χ1v) is 5.49. The van der Waals surface area contributed by atoms with E-state index in [4.69, 9.17) is 0 Å². The lowest BCUT2D eigenvalue weighted by Gasteiger charge is -2.09. The van der Waals surface area contributed by atoms with Crippen molar-refractivity contribution in [3.05, 3.63) is 53.9 Å². The SMILES string of the molecule is CN(C)c1nccc(/C=C/c2ccccc2)n1. The van der Waals surface area contributed by atoms with Crippen molar-refractivity contribution in [2.45, 2.75) is 0 Å². The van der Waals surface area contributed by atoms with Gasteiger partial charge >= 0.3 is 0 Å². The molecule has 3 heteroatoms. The van der Waals surface area contributed by atoms with Gasteiger partial charge in [-0.15, -0.1) is 0 Å². The summed E-state index contributed by atoms with van der Waals surface area (Å²) in [5.41, 5.74) is 2.07. The van der Waals surface area contributed by atoms with Crippen LogP contribution in [0.1, 0.15) is 11.3 Å². The van der Waals surface area contributed by atoms with Gasteiger partial charge in [0.05, 0.1) is 5.69 Å². The first kappa shape index (κ1) is 11.3. The van der Waals surface area contributed by atoms with Crippen molar-refractivity contribution in [2.75, 3.05) is 19.0 Å². The number of rotatable bonds is 3. The smallest absolute Gasteiger partial charge is 0.225 e. The van der Waals surface area contributed by atoms with Gasteiger partial charge in [0.2, 0.25) is 5.95 Å². The van der Waals surface area contributed by atoms with E-state index in [0.29, 0.717) is 0 Å². The highest BCUT2D eigenvalue weighted by molar-refractivity contribution is 5.68. The van der Waals surface area contributed by atoms with Crippen molar-refractivity contribution in [1.29, 1.82) is 0 Å². The number of hydrogen-bond donors (Lipinski definition) is 0. The van der Waals surface area contributed by atoms with Crippen LogP contribution in [0.15, 0.2) is 42.6 Å². The third kappa shape index (κ3) is 3.14. The second kappa shape index (κ2) is 5.25. The number of benzene rings is 1. The summed E-state index contributed by atoms with van der Waals surface area (Å²) in [5, 5.41) is 0. The maximum Gasteiger partial charge on any atom is 0.225 e. The van der Waals surface area contributed by atoms with Gasteiger partial charge in [-0.1, -0.05) is 36.4 Å². The van der Waals surface area contributed by atoms with Gasteiger partial charge in [-0.05, 0) is 17.7 Å². The van der Waals surface area contributed by atoms with Crippen LogP contribution in [0.3, 0.4) is 0 Å². The highest BCUT2D eigenvalue weighted by atomic mass is 15.2. The van der Waals surface area contributed by atoms with Gasteiger partial charge in [0, 0.05) is 20.3 Å². The number of aromatic nitrogens is 2. The zero-order valence-corrected chi connectivity index (χ0v) is 10.0. The van der Waals surface area contributed by atoms with Crippen LogP contribution in [0.5, 0.6) is 0 Å². The fourth-order valence-electron chi connectivity index (χ4n) is 1.42. The van der Waals surface area contributed by atoms with E-state index >= 15 is 0 Å². The number of anilines is 1. The van der Waals surface area contributed by atoms with E-state index in [1.807, 2.05) is 55.4 Å². The first-order chi connectivity index (χ1) is 8.25.